The molecule has 0 atom stereocenters. The minimum absolute atomic E-state index is 0.337. The highest BCUT2D eigenvalue weighted by atomic mass is 32.1. The first-order valence-electron chi connectivity index (χ1n) is 10.1. The van der Waals surface area contributed by atoms with Crippen LogP contribution in [0.15, 0.2) is 18.2 Å². The summed E-state index contributed by atoms with van der Waals surface area (Å²) in [6.45, 7) is 6.17. The first-order valence-corrected chi connectivity index (χ1v) is 10.9. The van der Waals surface area contributed by atoms with Gasteiger partial charge >= 0.3 is 0 Å². The lowest BCUT2D eigenvalue weighted by atomic mass is 10.1. The third-order valence-electron chi connectivity index (χ3n) is 5.15. The van der Waals surface area contributed by atoms with Crippen molar-refractivity contribution < 1.29 is 19.1 Å². The van der Waals surface area contributed by atoms with Crippen LogP contribution in [0.3, 0.4) is 0 Å². The summed E-state index contributed by atoms with van der Waals surface area (Å²) in [7, 11) is 1.51. The first-order chi connectivity index (χ1) is 14.9. The number of carbonyl (C=O) groups is 2. The van der Waals surface area contributed by atoms with E-state index in [9.17, 15) is 9.59 Å². The number of methoxy groups -OCH3 is 1. The van der Waals surface area contributed by atoms with Gasteiger partial charge in [0.1, 0.15) is 10.7 Å². The van der Waals surface area contributed by atoms with Crippen LogP contribution in [0, 0.1) is 13.8 Å². The first kappa shape index (κ1) is 21.0. The fourth-order valence-corrected chi connectivity index (χ4v) is 4.56. The number of rotatable bonds is 6. The molecule has 1 aliphatic rings. The van der Waals surface area contributed by atoms with Crippen LogP contribution in [0.25, 0.3) is 10.2 Å². The number of amides is 2. The molecule has 0 unspecified atom stereocenters. The zero-order valence-corrected chi connectivity index (χ0v) is 18.7. The lowest BCUT2D eigenvalue weighted by molar-refractivity contribution is 0.0848. The number of benzene rings is 1. The Balaban J connectivity index is 1.49. The Morgan fingerprint density at radius 2 is 1.87 bits per heavy atom. The Kier molecular flexibility index (Phi) is 5.77. The smallest absolute Gasteiger partial charge is 0.280 e. The predicted molar refractivity (Wildman–Crippen MR) is 118 cm³/mol. The molecule has 0 spiro atoms. The van der Waals surface area contributed by atoms with E-state index in [1.54, 1.807) is 18.2 Å². The van der Waals surface area contributed by atoms with E-state index in [0.717, 1.165) is 40.1 Å². The SMILES string of the molecule is CCOc1ccc(C(=O)NNC(=O)c2sc3nc(C4CC4)nc(C)c3c2C)cc1OC. The molecule has 1 fully saturated rings. The van der Waals surface area contributed by atoms with Gasteiger partial charge in [0.25, 0.3) is 11.8 Å². The van der Waals surface area contributed by atoms with Crippen LogP contribution in [-0.4, -0.2) is 35.5 Å². The molecule has 31 heavy (non-hydrogen) atoms. The number of nitrogens with zero attached hydrogens (tertiary/aromatic N) is 2. The van der Waals surface area contributed by atoms with Crippen LogP contribution in [0.4, 0.5) is 0 Å². The van der Waals surface area contributed by atoms with E-state index in [4.69, 9.17) is 9.47 Å². The van der Waals surface area contributed by atoms with Gasteiger partial charge < -0.3 is 9.47 Å². The molecule has 3 aromatic rings. The van der Waals surface area contributed by atoms with Crippen molar-refractivity contribution in [1.29, 1.82) is 0 Å². The Labute approximate surface area is 184 Å². The molecular formula is C22H24N4O4S. The van der Waals surface area contributed by atoms with Crippen molar-refractivity contribution in [2.24, 2.45) is 0 Å². The summed E-state index contributed by atoms with van der Waals surface area (Å²) in [6, 6.07) is 4.84. The third-order valence-corrected chi connectivity index (χ3v) is 6.34. The van der Waals surface area contributed by atoms with Gasteiger partial charge in [0.05, 0.1) is 24.3 Å². The molecule has 1 aromatic carbocycles. The van der Waals surface area contributed by atoms with Crippen LogP contribution in [0.5, 0.6) is 11.5 Å². The van der Waals surface area contributed by atoms with Gasteiger partial charge in [-0.2, -0.15) is 0 Å². The van der Waals surface area contributed by atoms with Crippen molar-refractivity contribution >= 4 is 33.4 Å². The number of aryl methyl sites for hydroxylation is 2. The Hall–Kier alpha value is -3.20. The van der Waals surface area contributed by atoms with Crippen LogP contribution in [0.1, 0.15) is 62.8 Å². The predicted octanol–water partition coefficient (Wildman–Crippen LogP) is 3.67. The van der Waals surface area contributed by atoms with Crippen molar-refractivity contribution in [3.8, 4) is 11.5 Å². The number of hydrogen-bond donors (Lipinski definition) is 2. The number of aromatic nitrogens is 2. The summed E-state index contributed by atoms with van der Waals surface area (Å²) >= 11 is 1.32. The maximum atomic E-state index is 12.8. The van der Waals surface area contributed by atoms with Crippen molar-refractivity contribution in [3.05, 3.63) is 45.7 Å². The standard InChI is InChI=1S/C22H24N4O4S/c1-5-30-15-9-8-14(10-16(15)29-4)20(27)25-26-21(28)18-11(2)17-12(3)23-19(13-6-7-13)24-22(17)31-18/h8-10,13H,5-7H2,1-4H3,(H,25,27)(H,26,28). The van der Waals surface area contributed by atoms with Crippen LogP contribution in [-0.2, 0) is 0 Å². The molecule has 162 valence electrons. The van der Waals surface area contributed by atoms with Gasteiger partial charge in [-0.15, -0.1) is 11.3 Å². The molecule has 0 bridgehead atoms. The molecule has 1 saturated carbocycles. The van der Waals surface area contributed by atoms with Gasteiger partial charge in [0.2, 0.25) is 0 Å². The summed E-state index contributed by atoms with van der Waals surface area (Å²) in [5, 5.41) is 0.905. The zero-order valence-electron chi connectivity index (χ0n) is 17.9. The highest BCUT2D eigenvalue weighted by molar-refractivity contribution is 7.20. The molecule has 2 amide bonds. The number of hydrogen-bond acceptors (Lipinski definition) is 7. The molecule has 0 saturated heterocycles. The normalized spacial score (nSPS) is 13.2. The largest absolute Gasteiger partial charge is 0.493 e. The Morgan fingerprint density at radius 1 is 1.13 bits per heavy atom. The van der Waals surface area contributed by atoms with E-state index in [0.29, 0.717) is 34.5 Å². The van der Waals surface area contributed by atoms with E-state index in [2.05, 4.69) is 20.8 Å². The van der Waals surface area contributed by atoms with Gasteiger partial charge in [-0.25, -0.2) is 9.97 Å². The number of thiophene rings is 1. The molecule has 2 N–H and O–H groups in total. The minimum atomic E-state index is -0.458. The lowest BCUT2D eigenvalue weighted by Crippen LogP contribution is -2.41. The zero-order chi connectivity index (χ0) is 22.1. The fourth-order valence-electron chi connectivity index (χ4n) is 3.43. The number of hydrazine groups is 1. The second kappa shape index (κ2) is 8.50. The van der Waals surface area contributed by atoms with Crippen LogP contribution in [0.2, 0.25) is 0 Å². The van der Waals surface area contributed by atoms with Crippen molar-refractivity contribution in [1.82, 2.24) is 20.8 Å². The highest BCUT2D eigenvalue weighted by Gasteiger charge is 2.28. The summed E-state index contributed by atoms with van der Waals surface area (Å²) < 4.78 is 10.7. The summed E-state index contributed by atoms with van der Waals surface area (Å²) in [6.07, 6.45) is 2.23. The average Bonchev–Trinajstić information content (AvgIpc) is 3.55. The van der Waals surface area contributed by atoms with E-state index in [1.807, 2.05) is 20.8 Å². The maximum absolute atomic E-state index is 12.8. The van der Waals surface area contributed by atoms with Gasteiger partial charge in [-0.1, -0.05) is 0 Å². The van der Waals surface area contributed by atoms with Crippen molar-refractivity contribution in [2.75, 3.05) is 13.7 Å². The molecule has 0 aliphatic heterocycles. The molecular weight excluding hydrogens is 416 g/mol. The molecule has 4 rings (SSSR count). The average molecular weight is 441 g/mol. The molecule has 2 aromatic heterocycles. The molecule has 9 heteroatoms. The summed E-state index contributed by atoms with van der Waals surface area (Å²) in [5.41, 5.74) is 6.99. The fraction of sp³-hybridized carbons (Fsp3) is 0.364. The van der Waals surface area contributed by atoms with Crippen molar-refractivity contribution in [2.45, 2.75) is 39.5 Å². The van der Waals surface area contributed by atoms with E-state index < -0.39 is 5.91 Å². The Morgan fingerprint density at radius 3 is 2.55 bits per heavy atom. The van der Waals surface area contributed by atoms with Crippen LogP contribution < -0.4 is 20.3 Å². The quantitative estimate of drug-likeness (QED) is 0.567. The lowest BCUT2D eigenvalue weighted by Gasteiger charge is -2.11. The van der Waals surface area contributed by atoms with E-state index in [-0.39, 0.29) is 5.91 Å². The molecule has 8 nitrogen and oxygen atoms in total. The molecule has 1 aliphatic carbocycles. The second-order valence-corrected chi connectivity index (χ2v) is 8.38. The third kappa shape index (κ3) is 4.18. The van der Waals surface area contributed by atoms with Gasteiger partial charge in [-0.3, -0.25) is 20.4 Å². The minimum Gasteiger partial charge on any atom is -0.493 e. The number of carbonyl (C=O) groups excluding carboxylic acids is 2. The van der Waals surface area contributed by atoms with Crippen LogP contribution >= 0.6 is 11.3 Å². The highest BCUT2D eigenvalue weighted by Crippen LogP contribution is 2.40. The van der Waals surface area contributed by atoms with Crippen molar-refractivity contribution in [3.63, 3.8) is 0 Å². The summed E-state index contributed by atoms with van der Waals surface area (Å²) in [4.78, 5) is 35.9. The topological polar surface area (TPSA) is 102 Å². The second-order valence-electron chi connectivity index (χ2n) is 7.38. The molecule has 2 heterocycles. The van der Waals surface area contributed by atoms with Gasteiger partial charge in [-0.05, 0) is 57.4 Å². The van der Waals surface area contributed by atoms with Gasteiger partial charge in [0, 0.05) is 16.9 Å². The maximum Gasteiger partial charge on any atom is 0.280 e. The van der Waals surface area contributed by atoms with Gasteiger partial charge in [0.15, 0.2) is 11.5 Å². The molecule has 0 radical (unpaired) electrons. The van der Waals surface area contributed by atoms with E-state index >= 15 is 0 Å². The number of ether oxygens (including phenoxy) is 2. The Bertz CT molecular complexity index is 1170. The van der Waals surface area contributed by atoms with E-state index in [1.165, 1.54) is 18.4 Å². The summed E-state index contributed by atoms with van der Waals surface area (Å²) in [5.74, 6) is 1.44. The number of fused-ring (bicyclic) bond motifs is 1. The monoisotopic (exact) mass is 440 g/mol. The number of nitrogens with one attached hydrogen (secondary N) is 2.